The van der Waals surface area contributed by atoms with Crippen molar-refractivity contribution in [3.63, 3.8) is 0 Å². The Bertz CT molecular complexity index is 565. The van der Waals surface area contributed by atoms with E-state index in [1.165, 1.54) is 30.6 Å². The molecule has 0 saturated heterocycles. The summed E-state index contributed by atoms with van der Waals surface area (Å²) in [6, 6.07) is 0.479. The van der Waals surface area contributed by atoms with Gasteiger partial charge >= 0.3 is 0 Å². The number of nitrogens with one attached hydrogen (secondary N) is 2. The summed E-state index contributed by atoms with van der Waals surface area (Å²) in [5, 5.41) is 8.15. The van der Waals surface area contributed by atoms with Crippen molar-refractivity contribution in [2.24, 2.45) is 10.4 Å². The van der Waals surface area contributed by atoms with Gasteiger partial charge in [-0.2, -0.15) is 0 Å². The molecule has 1 aromatic rings. The van der Waals surface area contributed by atoms with Crippen LogP contribution in [0.15, 0.2) is 11.2 Å². The average Bonchev–Trinajstić information content (AvgIpc) is 3.22. The van der Waals surface area contributed by atoms with Crippen LogP contribution in [0.3, 0.4) is 0 Å². The van der Waals surface area contributed by atoms with Crippen LogP contribution in [0.4, 0.5) is 0 Å². The molecule has 1 heterocycles. The van der Waals surface area contributed by atoms with Gasteiger partial charge in [0.25, 0.3) is 0 Å². The Labute approximate surface area is 149 Å². The summed E-state index contributed by atoms with van der Waals surface area (Å²) in [4.78, 5) is 10.4. The SMILES string of the molecule is CCNC(=NCc1ncc(C)s1)NC1CC(OCC)C12CCCC2. The fourth-order valence-corrected chi connectivity index (χ4v) is 4.91. The lowest BCUT2D eigenvalue weighted by Crippen LogP contribution is -2.65. The summed E-state index contributed by atoms with van der Waals surface area (Å²) in [5.41, 5.74) is 0.323. The predicted molar refractivity (Wildman–Crippen MR) is 99.5 cm³/mol. The van der Waals surface area contributed by atoms with Gasteiger partial charge in [0.15, 0.2) is 5.96 Å². The van der Waals surface area contributed by atoms with Gasteiger partial charge in [-0.05, 0) is 40.0 Å². The third-order valence-electron chi connectivity index (χ3n) is 5.38. The number of thiazole rings is 1. The minimum Gasteiger partial charge on any atom is -0.378 e. The molecule has 5 nitrogen and oxygen atoms in total. The van der Waals surface area contributed by atoms with Crippen molar-refractivity contribution in [3.8, 4) is 0 Å². The average molecular weight is 351 g/mol. The largest absolute Gasteiger partial charge is 0.378 e. The van der Waals surface area contributed by atoms with Gasteiger partial charge in [-0.3, -0.25) is 0 Å². The maximum Gasteiger partial charge on any atom is 0.191 e. The van der Waals surface area contributed by atoms with E-state index in [1.54, 1.807) is 11.3 Å². The molecule has 3 rings (SSSR count). The molecule has 0 aliphatic heterocycles. The fraction of sp³-hybridized carbons (Fsp3) is 0.778. The van der Waals surface area contributed by atoms with E-state index in [1.807, 2.05) is 6.20 Å². The van der Waals surface area contributed by atoms with Crippen molar-refractivity contribution in [3.05, 3.63) is 16.1 Å². The highest BCUT2D eigenvalue weighted by atomic mass is 32.1. The number of aryl methyl sites for hydroxylation is 1. The van der Waals surface area contributed by atoms with Crippen LogP contribution in [0, 0.1) is 12.3 Å². The first-order valence-corrected chi connectivity index (χ1v) is 10.1. The molecule has 134 valence electrons. The van der Waals surface area contributed by atoms with E-state index in [2.05, 4.69) is 36.4 Å². The Morgan fingerprint density at radius 3 is 2.83 bits per heavy atom. The van der Waals surface area contributed by atoms with Crippen LogP contribution < -0.4 is 10.6 Å². The molecule has 0 amide bonds. The van der Waals surface area contributed by atoms with Gasteiger partial charge in [0.1, 0.15) is 5.01 Å². The van der Waals surface area contributed by atoms with Crippen LogP contribution in [0.25, 0.3) is 0 Å². The zero-order valence-corrected chi connectivity index (χ0v) is 15.9. The van der Waals surface area contributed by atoms with Crippen molar-refractivity contribution in [2.75, 3.05) is 13.2 Å². The minimum absolute atomic E-state index is 0.323. The zero-order valence-electron chi connectivity index (χ0n) is 15.1. The van der Waals surface area contributed by atoms with E-state index in [4.69, 9.17) is 9.73 Å². The molecule has 2 fully saturated rings. The lowest BCUT2D eigenvalue weighted by Gasteiger charge is -2.54. The number of nitrogens with zero attached hydrogens (tertiary/aromatic N) is 2. The smallest absolute Gasteiger partial charge is 0.191 e. The van der Waals surface area contributed by atoms with Crippen LogP contribution in [0.2, 0.25) is 0 Å². The van der Waals surface area contributed by atoms with E-state index < -0.39 is 0 Å². The first-order valence-electron chi connectivity index (χ1n) is 9.25. The van der Waals surface area contributed by atoms with Crippen molar-refractivity contribution in [1.29, 1.82) is 0 Å². The molecule has 2 aliphatic carbocycles. The van der Waals surface area contributed by atoms with Crippen molar-refractivity contribution >= 4 is 17.3 Å². The molecule has 2 unspecified atom stereocenters. The molecule has 0 aromatic carbocycles. The summed E-state index contributed by atoms with van der Waals surface area (Å²) >= 11 is 1.72. The first-order chi connectivity index (χ1) is 11.7. The Balaban J connectivity index is 1.64. The van der Waals surface area contributed by atoms with Gasteiger partial charge in [0, 0.05) is 35.7 Å². The van der Waals surface area contributed by atoms with Crippen molar-refractivity contribution in [1.82, 2.24) is 15.6 Å². The maximum atomic E-state index is 6.01. The van der Waals surface area contributed by atoms with E-state index >= 15 is 0 Å². The highest BCUT2D eigenvalue weighted by Gasteiger charge is 2.56. The van der Waals surface area contributed by atoms with Crippen LogP contribution in [-0.2, 0) is 11.3 Å². The molecule has 1 aromatic heterocycles. The summed E-state index contributed by atoms with van der Waals surface area (Å²) in [7, 11) is 0. The second-order valence-corrected chi connectivity index (χ2v) is 8.20. The molecule has 2 atom stereocenters. The molecule has 0 radical (unpaired) electrons. The predicted octanol–water partition coefficient (Wildman–Crippen LogP) is 3.24. The van der Waals surface area contributed by atoms with Gasteiger partial charge in [-0.15, -0.1) is 11.3 Å². The monoisotopic (exact) mass is 350 g/mol. The Morgan fingerprint density at radius 1 is 1.42 bits per heavy atom. The topological polar surface area (TPSA) is 58.5 Å². The standard InChI is InChI=1S/C18H30N4OS/c1-4-19-17(21-12-16-20-11-13(3)24-16)22-14-10-15(23-5-2)18(14)8-6-7-9-18/h11,14-15H,4-10,12H2,1-3H3,(H2,19,21,22). The quantitative estimate of drug-likeness (QED) is 0.611. The second-order valence-electron chi connectivity index (χ2n) is 6.88. The molecule has 0 bridgehead atoms. The molecule has 1 spiro atoms. The Hall–Kier alpha value is -1.14. The molecule has 24 heavy (non-hydrogen) atoms. The lowest BCUT2D eigenvalue weighted by atomic mass is 9.60. The third kappa shape index (κ3) is 3.59. The van der Waals surface area contributed by atoms with Crippen molar-refractivity contribution in [2.45, 2.75) is 71.6 Å². The van der Waals surface area contributed by atoms with Crippen LogP contribution in [0.5, 0.6) is 0 Å². The van der Waals surface area contributed by atoms with E-state index in [0.717, 1.165) is 30.5 Å². The summed E-state index contributed by atoms with van der Waals surface area (Å²) < 4.78 is 6.01. The number of guanidine groups is 1. The first kappa shape index (κ1) is 17.7. The van der Waals surface area contributed by atoms with Gasteiger partial charge in [-0.25, -0.2) is 9.98 Å². The summed E-state index contributed by atoms with van der Waals surface area (Å²) in [5.74, 6) is 0.913. The molecule has 2 saturated carbocycles. The molecule has 2 aliphatic rings. The number of ether oxygens (including phenoxy) is 1. The summed E-state index contributed by atoms with van der Waals surface area (Å²) in [6.45, 7) is 8.63. The van der Waals surface area contributed by atoms with E-state index in [0.29, 0.717) is 24.1 Å². The van der Waals surface area contributed by atoms with Crippen LogP contribution in [-0.4, -0.2) is 36.2 Å². The maximum absolute atomic E-state index is 6.01. The number of rotatable bonds is 6. The highest BCUT2D eigenvalue weighted by Crippen LogP contribution is 2.54. The number of aromatic nitrogens is 1. The fourth-order valence-electron chi connectivity index (χ4n) is 4.20. The summed E-state index contributed by atoms with van der Waals surface area (Å²) in [6.07, 6.45) is 8.64. The molecule has 6 heteroatoms. The highest BCUT2D eigenvalue weighted by molar-refractivity contribution is 7.11. The number of hydrogen-bond acceptors (Lipinski definition) is 4. The van der Waals surface area contributed by atoms with Crippen LogP contribution >= 0.6 is 11.3 Å². The van der Waals surface area contributed by atoms with E-state index in [9.17, 15) is 0 Å². The van der Waals surface area contributed by atoms with E-state index in [-0.39, 0.29) is 0 Å². The normalized spacial score (nSPS) is 25.7. The van der Waals surface area contributed by atoms with Gasteiger partial charge in [0.05, 0.1) is 12.6 Å². The number of hydrogen-bond donors (Lipinski definition) is 2. The molecular formula is C18H30N4OS. The minimum atomic E-state index is 0.323. The van der Waals surface area contributed by atoms with Crippen molar-refractivity contribution < 1.29 is 4.74 Å². The Kier molecular flexibility index (Phi) is 5.76. The van der Waals surface area contributed by atoms with Gasteiger partial charge < -0.3 is 15.4 Å². The van der Waals surface area contributed by atoms with Gasteiger partial charge in [0.2, 0.25) is 0 Å². The lowest BCUT2D eigenvalue weighted by molar-refractivity contribution is -0.125. The van der Waals surface area contributed by atoms with Crippen LogP contribution in [0.1, 0.15) is 55.8 Å². The third-order valence-corrected chi connectivity index (χ3v) is 6.28. The van der Waals surface area contributed by atoms with Gasteiger partial charge in [-0.1, -0.05) is 12.8 Å². The molecule has 2 N–H and O–H groups in total. The molecular weight excluding hydrogens is 320 g/mol. The number of aliphatic imine (C=N–C) groups is 1. The zero-order chi connectivity index (χ0) is 17.0. The second kappa shape index (κ2) is 7.83. The Morgan fingerprint density at radius 2 is 2.21 bits per heavy atom.